The summed E-state index contributed by atoms with van der Waals surface area (Å²) in [6.45, 7) is 5.21. The Hall–Kier alpha value is -2.74. The van der Waals surface area contributed by atoms with E-state index in [-0.39, 0.29) is 17.9 Å². The molecule has 0 bridgehead atoms. The third-order valence-electron chi connectivity index (χ3n) is 4.58. The molecular weight excluding hydrogens is 368 g/mol. The summed E-state index contributed by atoms with van der Waals surface area (Å²) in [5, 5.41) is 12.8. The van der Waals surface area contributed by atoms with Gasteiger partial charge in [-0.15, -0.1) is 5.10 Å². The molecule has 0 radical (unpaired) electrons. The van der Waals surface area contributed by atoms with Crippen molar-refractivity contribution in [1.29, 1.82) is 0 Å². The minimum Gasteiger partial charge on any atom is -0.336 e. The number of carbonyl (C=O) groups excluding carboxylic acids is 1. The van der Waals surface area contributed by atoms with E-state index in [1.807, 2.05) is 13.8 Å². The highest BCUT2D eigenvalue weighted by Crippen LogP contribution is 2.25. The maximum Gasteiger partial charge on any atom is 0.280 e. The second-order valence-electron chi connectivity index (χ2n) is 6.90. The predicted molar refractivity (Wildman–Crippen MR) is 98.4 cm³/mol. The van der Waals surface area contributed by atoms with E-state index in [9.17, 15) is 4.79 Å². The summed E-state index contributed by atoms with van der Waals surface area (Å²) in [7, 11) is 0. The molecule has 1 fully saturated rings. The molecule has 1 aromatic carbocycles. The second-order valence-corrected chi connectivity index (χ2v) is 7.34. The van der Waals surface area contributed by atoms with Crippen LogP contribution in [0.15, 0.2) is 35.0 Å². The van der Waals surface area contributed by atoms with Crippen molar-refractivity contribution in [1.82, 2.24) is 30.0 Å². The van der Waals surface area contributed by atoms with Gasteiger partial charge in [-0.2, -0.15) is 4.98 Å². The standard InChI is InChI=1S/C18H19ClN6O2/c1-11(2)16-20-17(27-22-16)15-10-25(23-21-15)14-6-7-24(9-14)18(26)12-4-3-5-13(19)8-12/h3-5,8,10-11,14H,6-7,9H2,1-2H3/t14-/m0/s1. The number of nitrogens with zero attached hydrogens (tertiary/aromatic N) is 6. The van der Waals surface area contributed by atoms with Crippen molar-refractivity contribution >= 4 is 17.5 Å². The molecule has 4 rings (SSSR count). The van der Waals surface area contributed by atoms with Crippen LogP contribution in [-0.4, -0.2) is 49.0 Å². The van der Waals surface area contributed by atoms with Crippen molar-refractivity contribution in [3.8, 4) is 11.6 Å². The van der Waals surface area contributed by atoms with Crippen molar-refractivity contribution in [3.05, 3.63) is 46.9 Å². The SMILES string of the molecule is CC(C)c1noc(-c2cn([C@H]3CCN(C(=O)c4cccc(Cl)c4)C3)nn2)n1. The van der Waals surface area contributed by atoms with E-state index in [0.717, 1.165) is 6.42 Å². The van der Waals surface area contributed by atoms with Gasteiger partial charge in [-0.3, -0.25) is 4.79 Å². The fraction of sp³-hybridized carbons (Fsp3) is 0.389. The lowest BCUT2D eigenvalue weighted by molar-refractivity contribution is 0.0787. The van der Waals surface area contributed by atoms with Crippen molar-refractivity contribution in [2.24, 2.45) is 0 Å². The number of aromatic nitrogens is 5. The summed E-state index contributed by atoms with van der Waals surface area (Å²) >= 11 is 5.99. The van der Waals surface area contributed by atoms with Crippen LogP contribution in [-0.2, 0) is 0 Å². The third-order valence-corrected chi connectivity index (χ3v) is 4.82. The Labute approximate surface area is 161 Å². The Morgan fingerprint density at radius 2 is 2.22 bits per heavy atom. The first-order chi connectivity index (χ1) is 13.0. The molecule has 0 N–H and O–H groups in total. The molecule has 3 heterocycles. The van der Waals surface area contributed by atoms with E-state index >= 15 is 0 Å². The molecule has 1 aliphatic heterocycles. The lowest BCUT2D eigenvalue weighted by Gasteiger charge is -2.16. The van der Waals surface area contributed by atoms with Crippen LogP contribution >= 0.6 is 11.6 Å². The van der Waals surface area contributed by atoms with Crippen LogP contribution in [0.1, 0.15) is 48.4 Å². The van der Waals surface area contributed by atoms with Crippen molar-refractivity contribution in [2.75, 3.05) is 13.1 Å². The summed E-state index contributed by atoms with van der Waals surface area (Å²) in [4.78, 5) is 18.8. The molecule has 0 spiro atoms. The average molecular weight is 387 g/mol. The van der Waals surface area contributed by atoms with E-state index in [2.05, 4.69) is 20.5 Å². The van der Waals surface area contributed by atoms with Crippen LogP contribution in [0.3, 0.4) is 0 Å². The minimum absolute atomic E-state index is 0.0289. The molecule has 0 aliphatic carbocycles. The van der Waals surface area contributed by atoms with E-state index < -0.39 is 0 Å². The Balaban J connectivity index is 1.46. The molecule has 1 aliphatic rings. The van der Waals surface area contributed by atoms with Crippen LogP contribution in [0, 0.1) is 0 Å². The van der Waals surface area contributed by atoms with Crippen LogP contribution in [0.25, 0.3) is 11.6 Å². The molecule has 0 saturated carbocycles. The van der Waals surface area contributed by atoms with E-state index in [0.29, 0.717) is 41.1 Å². The fourth-order valence-corrected chi connectivity index (χ4v) is 3.26. The number of carbonyl (C=O) groups is 1. The number of hydrogen-bond acceptors (Lipinski definition) is 6. The lowest BCUT2D eigenvalue weighted by atomic mass is 10.2. The van der Waals surface area contributed by atoms with Gasteiger partial charge in [0.1, 0.15) is 0 Å². The molecule has 9 heteroatoms. The Bertz CT molecular complexity index is 966. The Kier molecular flexibility index (Phi) is 4.65. The quantitative estimate of drug-likeness (QED) is 0.684. The first-order valence-electron chi connectivity index (χ1n) is 8.82. The maximum atomic E-state index is 12.7. The van der Waals surface area contributed by atoms with Crippen molar-refractivity contribution < 1.29 is 9.32 Å². The second kappa shape index (κ2) is 7.11. The van der Waals surface area contributed by atoms with E-state index in [1.54, 1.807) is 40.0 Å². The highest BCUT2D eigenvalue weighted by atomic mass is 35.5. The van der Waals surface area contributed by atoms with Gasteiger partial charge in [-0.05, 0) is 24.6 Å². The van der Waals surface area contributed by atoms with Crippen LogP contribution in [0.5, 0.6) is 0 Å². The van der Waals surface area contributed by atoms with Crippen LogP contribution < -0.4 is 0 Å². The van der Waals surface area contributed by atoms with Gasteiger partial charge >= 0.3 is 0 Å². The summed E-state index contributed by atoms with van der Waals surface area (Å²) in [5.41, 5.74) is 1.13. The van der Waals surface area contributed by atoms with Gasteiger partial charge in [0.25, 0.3) is 11.8 Å². The zero-order valence-corrected chi connectivity index (χ0v) is 15.8. The van der Waals surface area contributed by atoms with Crippen molar-refractivity contribution in [2.45, 2.75) is 32.2 Å². The van der Waals surface area contributed by atoms with Gasteiger partial charge in [0.05, 0.1) is 12.2 Å². The first kappa shape index (κ1) is 17.7. The van der Waals surface area contributed by atoms with E-state index in [4.69, 9.17) is 16.1 Å². The molecular formula is C18H19ClN6O2. The largest absolute Gasteiger partial charge is 0.336 e. The van der Waals surface area contributed by atoms with E-state index in [1.165, 1.54) is 0 Å². The zero-order chi connectivity index (χ0) is 19.0. The number of halogens is 1. The first-order valence-corrected chi connectivity index (χ1v) is 9.19. The third kappa shape index (κ3) is 3.57. The normalized spacial score (nSPS) is 17.0. The van der Waals surface area contributed by atoms with Crippen LogP contribution in [0.4, 0.5) is 0 Å². The molecule has 1 amide bonds. The molecule has 0 unspecified atom stereocenters. The number of likely N-dealkylation sites (tertiary alicyclic amines) is 1. The summed E-state index contributed by atoms with van der Waals surface area (Å²) in [6, 6.07) is 7.05. The number of benzene rings is 1. The van der Waals surface area contributed by atoms with Crippen LogP contribution in [0.2, 0.25) is 5.02 Å². The van der Waals surface area contributed by atoms with Gasteiger partial charge in [0.15, 0.2) is 11.5 Å². The molecule has 2 aromatic heterocycles. The maximum absolute atomic E-state index is 12.7. The lowest BCUT2D eigenvalue weighted by Crippen LogP contribution is -2.29. The van der Waals surface area contributed by atoms with Gasteiger partial charge in [0, 0.05) is 29.6 Å². The molecule has 1 atom stereocenters. The average Bonchev–Trinajstić information content (AvgIpc) is 3.39. The summed E-state index contributed by atoms with van der Waals surface area (Å²) in [5.74, 6) is 1.14. The number of hydrogen-bond donors (Lipinski definition) is 0. The zero-order valence-electron chi connectivity index (χ0n) is 15.0. The molecule has 1 saturated heterocycles. The Morgan fingerprint density at radius 1 is 1.37 bits per heavy atom. The molecule has 3 aromatic rings. The molecule has 140 valence electrons. The van der Waals surface area contributed by atoms with Gasteiger partial charge in [0.2, 0.25) is 0 Å². The summed E-state index contributed by atoms with van der Waals surface area (Å²) < 4.78 is 7.03. The summed E-state index contributed by atoms with van der Waals surface area (Å²) in [6.07, 6.45) is 2.59. The van der Waals surface area contributed by atoms with Gasteiger partial charge in [-0.25, -0.2) is 4.68 Å². The monoisotopic (exact) mass is 386 g/mol. The molecule has 27 heavy (non-hydrogen) atoms. The van der Waals surface area contributed by atoms with Gasteiger partial charge in [-0.1, -0.05) is 41.9 Å². The topological polar surface area (TPSA) is 89.9 Å². The predicted octanol–water partition coefficient (Wildman–Crippen LogP) is 3.19. The Morgan fingerprint density at radius 3 is 2.96 bits per heavy atom. The highest BCUT2D eigenvalue weighted by molar-refractivity contribution is 6.30. The number of amides is 1. The van der Waals surface area contributed by atoms with Crippen molar-refractivity contribution in [3.63, 3.8) is 0 Å². The molecule has 8 nitrogen and oxygen atoms in total. The highest BCUT2D eigenvalue weighted by Gasteiger charge is 2.29. The smallest absolute Gasteiger partial charge is 0.280 e. The fourth-order valence-electron chi connectivity index (χ4n) is 3.07. The number of rotatable bonds is 4. The van der Waals surface area contributed by atoms with Gasteiger partial charge < -0.3 is 9.42 Å². The minimum atomic E-state index is -0.0289.